The Morgan fingerprint density at radius 1 is 0.600 bits per heavy atom. The van der Waals surface area contributed by atoms with E-state index in [0.29, 0.717) is 22.0 Å². The summed E-state index contributed by atoms with van der Waals surface area (Å²) in [5, 5.41) is 46.4. The lowest BCUT2D eigenvalue weighted by Gasteiger charge is -2.30. The molecular weight excluding hydrogens is 1320 g/mol. The minimum atomic E-state index is -1.95. The van der Waals surface area contributed by atoms with Gasteiger partial charge >= 0.3 is 5.97 Å². The van der Waals surface area contributed by atoms with Crippen molar-refractivity contribution in [2.24, 2.45) is 33.7 Å². The van der Waals surface area contributed by atoms with Crippen molar-refractivity contribution in [3.05, 3.63) is 71.9 Å². The highest BCUT2D eigenvalue weighted by molar-refractivity contribution is 8.77. The number of amides is 13. The number of carboxylic acids is 1. The summed E-state index contributed by atoms with van der Waals surface area (Å²) in [7, 11) is 3.40. The number of nitrogens with two attached hydrogens (primary N) is 5. The largest absolute Gasteiger partial charge is 0.481 e. The number of aliphatic hydroxyl groups is 1. The molecule has 516 valence electrons. The van der Waals surface area contributed by atoms with Crippen LogP contribution in [0.3, 0.4) is 0 Å². The number of aliphatic imine (C=N–C) groups is 1. The van der Waals surface area contributed by atoms with E-state index < -0.39 is 193 Å². The van der Waals surface area contributed by atoms with E-state index in [0.717, 1.165) is 48.1 Å². The Bertz CT molecular complexity index is 3330. The molecule has 6 rings (SSSR count). The first-order chi connectivity index (χ1) is 45.3. The number of hydrogen-bond acceptors (Lipinski definition) is 21. The second kappa shape index (κ2) is 37.3. The molecule has 34 nitrogen and oxygen atoms in total. The summed E-state index contributed by atoms with van der Waals surface area (Å²) >= 11 is 0. The Balaban J connectivity index is 1.52. The molecule has 2 aromatic carbocycles. The van der Waals surface area contributed by atoms with Crippen molar-refractivity contribution in [3.63, 3.8) is 0 Å². The maximum atomic E-state index is 15.2. The lowest BCUT2D eigenvalue weighted by Crippen LogP contribution is -2.61. The number of benzene rings is 2. The number of H-pyrrole nitrogens is 1. The third-order valence-electron chi connectivity index (χ3n) is 15.1. The van der Waals surface area contributed by atoms with Crippen LogP contribution in [0.5, 0.6) is 0 Å². The molecule has 23 N–H and O–H groups in total. The molecule has 3 saturated heterocycles. The van der Waals surface area contributed by atoms with Gasteiger partial charge in [0.2, 0.25) is 76.8 Å². The smallest absolute Gasteiger partial charge is 0.305 e. The van der Waals surface area contributed by atoms with Crippen LogP contribution < -0.4 is 81.8 Å². The Hall–Kier alpha value is -8.85. The number of carbonyl (C=O) groups is 14. The zero-order chi connectivity index (χ0) is 69.3. The van der Waals surface area contributed by atoms with Crippen LogP contribution >= 0.6 is 43.2 Å². The van der Waals surface area contributed by atoms with Crippen molar-refractivity contribution in [1.29, 1.82) is 0 Å². The van der Waals surface area contributed by atoms with Gasteiger partial charge in [-0.3, -0.25) is 72.1 Å². The van der Waals surface area contributed by atoms with Gasteiger partial charge in [0, 0.05) is 72.5 Å². The molecule has 95 heavy (non-hydrogen) atoms. The molecule has 0 saturated carbocycles. The van der Waals surface area contributed by atoms with Crippen molar-refractivity contribution in [1.82, 2.24) is 63.1 Å². The van der Waals surface area contributed by atoms with E-state index in [9.17, 15) is 67.7 Å². The van der Waals surface area contributed by atoms with Crippen molar-refractivity contribution < 1.29 is 77.3 Å². The number of nitrogens with one attached hydrogen (secondary N) is 11. The SMILES string of the molecule is NCC(=O)N[C@H]1CSSC[C@@H]2NC(=O)[C@H](CCCN=C(N)N)NC(=O)[C@@H]3CCCN3C(=O)[C@H](CC(=O)O)NC(=O)[C@H](CO)NC(=O)[C@H](CSSC[C@@H](C(N)=O)NC(=O)[C@H](Cc3ccccc3)NC(=O)[C@H](CCC(N)=O)NC(=O)[C@H](Cc3c[nH]c4ccccc34)NC2=O)NC1=O. The van der Waals surface area contributed by atoms with Crippen LogP contribution in [0.15, 0.2) is 65.8 Å². The highest BCUT2D eigenvalue weighted by Gasteiger charge is 2.42. The fraction of sp³-hybridized carbons (Fsp3) is 0.491. The van der Waals surface area contributed by atoms with E-state index in [1.54, 1.807) is 60.8 Å². The van der Waals surface area contributed by atoms with Gasteiger partial charge in [0.1, 0.15) is 66.5 Å². The molecule has 2 bridgehead atoms. The predicted octanol–water partition coefficient (Wildman–Crippen LogP) is -6.19. The maximum absolute atomic E-state index is 15.2. The minimum Gasteiger partial charge on any atom is -0.481 e. The normalized spacial score (nSPS) is 25.5. The highest BCUT2D eigenvalue weighted by Crippen LogP contribution is 2.27. The molecule has 1 aromatic heterocycles. The van der Waals surface area contributed by atoms with Crippen LogP contribution in [0.2, 0.25) is 0 Å². The number of guanidine groups is 1. The Morgan fingerprint density at radius 2 is 1.15 bits per heavy atom. The monoisotopic (exact) mass is 1400 g/mol. The van der Waals surface area contributed by atoms with Crippen LogP contribution in [0.1, 0.15) is 56.1 Å². The molecule has 3 fully saturated rings. The number of aromatic nitrogens is 1. The predicted molar refractivity (Wildman–Crippen MR) is 352 cm³/mol. The van der Waals surface area contributed by atoms with Gasteiger partial charge in [-0.25, -0.2) is 0 Å². The molecular formula is C57H78N18O16S4. The molecule has 3 aromatic rings. The topological polar surface area (TPSA) is 561 Å². The van der Waals surface area contributed by atoms with E-state index in [1.807, 2.05) is 0 Å². The number of aliphatic hydroxyl groups excluding tert-OH is 1. The Labute approximate surface area is 559 Å². The van der Waals surface area contributed by atoms with Gasteiger partial charge in [-0.2, -0.15) is 0 Å². The van der Waals surface area contributed by atoms with E-state index in [1.165, 1.54) is 0 Å². The molecule has 38 heteroatoms. The summed E-state index contributed by atoms with van der Waals surface area (Å²) in [4.78, 5) is 205. The average molecular weight is 1400 g/mol. The van der Waals surface area contributed by atoms with Crippen LogP contribution in [-0.4, -0.2) is 225 Å². The summed E-state index contributed by atoms with van der Waals surface area (Å²) in [6, 6.07) is -2.97. The van der Waals surface area contributed by atoms with Gasteiger partial charge in [-0.1, -0.05) is 91.7 Å². The molecule has 0 radical (unpaired) electrons. The first kappa shape index (κ1) is 75.2. The number of fused-ring (bicyclic) bond motifs is 10. The zero-order valence-corrected chi connectivity index (χ0v) is 54.4. The van der Waals surface area contributed by atoms with Crippen LogP contribution in [-0.2, 0) is 80.0 Å². The number of carboxylic acid groups (broad SMARTS) is 1. The summed E-state index contributed by atoms with van der Waals surface area (Å²) in [5.41, 5.74) is 29.8. The number of para-hydroxylation sites is 1. The lowest BCUT2D eigenvalue weighted by atomic mass is 10.0. The third kappa shape index (κ3) is 23.2. The Morgan fingerprint density at radius 3 is 1.80 bits per heavy atom. The van der Waals surface area contributed by atoms with Gasteiger partial charge in [0.05, 0.1) is 19.6 Å². The number of aliphatic carboxylic acids is 1. The fourth-order valence-corrected chi connectivity index (χ4v) is 14.8. The summed E-state index contributed by atoms with van der Waals surface area (Å²) < 4.78 is 0. The number of nitrogens with zero attached hydrogens (tertiary/aromatic N) is 2. The van der Waals surface area contributed by atoms with Gasteiger partial charge in [-0.15, -0.1) is 0 Å². The number of aromatic amines is 1. The molecule has 0 aliphatic carbocycles. The number of hydrogen-bond donors (Lipinski definition) is 18. The summed E-state index contributed by atoms with van der Waals surface area (Å²) in [6.45, 7) is -2.04. The molecule has 4 heterocycles. The van der Waals surface area contributed by atoms with Gasteiger partial charge in [0.15, 0.2) is 5.96 Å². The molecule has 0 unspecified atom stereocenters. The second-order valence-corrected chi connectivity index (χ2v) is 27.2. The zero-order valence-electron chi connectivity index (χ0n) is 51.2. The van der Waals surface area contributed by atoms with Gasteiger partial charge in [-0.05, 0) is 49.3 Å². The molecule has 3 aliphatic heterocycles. The number of primary amides is 2. The van der Waals surface area contributed by atoms with E-state index in [-0.39, 0.29) is 69.1 Å². The molecule has 0 spiro atoms. The highest BCUT2D eigenvalue weighted by atomic mass is 33.1. The van der Waals surface area contributed by atoms with Crippen molar-refractivity contribution in [3.8, 4) is 0 Å². The van der Waals surface area contributed by atoms with Crippen LogP contribution in [0.25, 0.3) is 10.9 Å². The van der Waals surface area contributed by atoms with Crippen molar-refractivity contribution in [2.45, 2.75) is 124 Å². The number of carbonyl (C=O) groups excluding carboxylic acids is 13. The lowest BCUT2D eigenvalue weighted by molar-refractivity contribution is -0.146. The standard InChI is InChI=1S/C57H78N18O16S4/c58-21-44(78)65-39-25-93-95-26-40-53(88)69-35(19-29-22-64-31-11-5-4-10-30(29)31)50(85)66-33(14-15-43(59)77)48(83)68-34(18-28-8-2-1-3-9-28)49(84)72-38(46(60)81)24-92-94-27-41(74-52(39)87)54(89)71-37(23-76)51(86)70-36(20-45(79)80)56(91)75-17-7-13-42(75)55(90)67-32(47(82)73-40)12-6-16-63-57(61)62/h1-5,8-11,22,32-42,64,76H,6-7,12-21,23-27,58H2,(H2,59,77)(H2,60,81)(H,65,78)(H,66,85)(H,67,90)(H,68,83)(H,69,88)(H,70,86)(H,71,89)(H,72,84)(H,73,82)(H,74,87)(H,79,80)(H4,61,62,63)/t32-,33-,34-,35-,36-,37-,38-,39-,40-,41-,42-/m0/s1. The first-order valence-corrected chi connectivity index (χ1v) is 34.9. The Kier molecular flexibility index (Phi) is 29.5. The maximum Gasteiger partial charge on any atom is 0.305 e. The van der Waals surface area contributed by atoms with Crippen LogP contribution in [0, 0.1) is 0 Å². The van der Waals surface area contributed by atoms with Crippen molar-refractivity contribution in [2.75, 3.05) is 49.3 Å². The quantitative estimate of drug-likeness (QED) is 0.0259. The second-order valence-electron chi connectivity index (χ2n) is 22.1. The third-order valence-corrected chi connectivity index (χ3v) is 19.9. The van der Waals surface area contributed by atoms with E-state index in [2.05, 4.69) is 63.1 Å². The van der Waals surface area contributed by atoms with Crippen LogP contribution in [0.4, 0.5) is 0 Å². The van der Waals surface area contributed by atoms with E-state index >= 15 is 9.59 Å². The summed E-state index contributed by atoms with van der Waals surface area (Å²) in [5.74, 6) is -16.9. The number of rotatable bonds is 17. The van der Waals surface area contributed by atoms with E-state index in [4.69, 9.17) is 28.7 Å². The average Bonchev–Trinajstić information content (AvgIpc) is 1.87. The summed E-state index contributed by atoms with van der Waals surface area (Å²) in [6.07, 6.45) is -1.06. The van der Waals surface area contributed by atoms with Crippen molar-refractivity contribution >= 4 is 143 Å². The first-order valence-electron chi connectivity index (χ1n) is 29.9. The molecule has 3 aliphatic rings. The molecule has 13 amide bonds. The fourth-order valence-electron chi connectivity index (χ4n) is 10.1. The van der Waals surface area contributed by atoms with Gasteiger partial charge < -0.3 is 102 Å². The molecule has 11 atom stereocenters. The minimum absolute atomic E-state index is 0.0135. The van der Waals surface area contributed by atoms with Gasteiger partial charge in [0.25, 0.3) is 0 Å².